The van der Waals surface area contributed by atoms with E-state index in [-0.39, 0.29) is 5.91 Å². The molecule has 0 aliphatic carbocycles. The summed E-state index contributed by atoms with van der Waals surface area (Å²) in [5.41, 5.74) is 6.73. The Morgan fingerprint density at radius 2 is 2.10 bits per heavy atom. The van der Waals surface area contributed by atoms with Crippen LogP contribution in [0.4, 0.5) is 11.4 Å². The van der Waals surface area contributed by atoms with E-state index in [2.05, 4.69) is 27.9 Å². The molecule has 3 N–H and O–H groups in total. The first-order valence-electron chi connectivity index (χ1n) is 6.24. The molecule has 0 saturated carbocycles. The normalized spacial score (nSPS) is 11.8. The third-order valence-corrected chi connectivity index (χ3v) is 3.66. The number of nitrogen functional groups attached to an aromatic ring is 1. The maximum Gasteiger partial charge on any atom is 0.265 e. The van der Waals surface area contributed by atoms with Crippen LogP contribution >= 0.6 is 34.2 Å². The van der Waals surface area contributed by atoms with E-state index in [1.807, 2.05) is 24.3 Å². The number of anilines is 2. The molecule has 0 spiro atoms. The van der Waals surface area contributed by atoms with Gasteiger partial charge in [-0.15, -0.1) is 0 Å². The molecule has 0 heterocycles. The first-order chi connectivity index (χ1) is 9.95. The summed E-state index contributed by atoms with van der Waals surface area (Å²) in [4.78, 5) is 12.1. The van der Waals surface area contributed by atoms with Crippen molar-refractivity contribution >= 4 is 51.5 Å². The number of carbonyl (C=O) groups excluding carboxylic acids is 1. The Labute approximate surface area is 141 Å². The van der Waals surface area contributed by atoms with Gasteiger partial charge >= 0.3 is 0 Å². The van der Waals surface area contributed by atoms with Crippen molar-refractivity contribution in [3.05, 3.63) is 51.1 Å². The Morgan fingerprint density at radius 3 is 2.76 bits per heavy atom. The molecule has 2 rings (SSSR count). The fourth-order valence-electron chi connectivity index (χ4n) is 1.68. The number of benzene rings is 2. The van der Waals surface area contributed by atoms with Crippen LogP contribution in [-0.4, -0.2) is 12.0 Å². The van der Waals surface area contributed by atoms with E-state index < -0.39 is 6.10 Å². The molecule has 0 aromatic heterocycles. The van der Waals surface area contributed by atoms with E-state index in [1.54, 1.807) is 25.1 Å². The largest absolute Gasteiger partial charge is 0.481 e. The number of hydrogen-bond acceptors (Lipinski definition) is 3. The third-order valence-electron chi connectivity index (χ3n) is 2.75. The zero-order chi connectivity index (χ0) is 15.4. The summed E-state index contributed by atoms with van der Waals surface area (Å²) in [5, 5.41) is 3.24. The van der Waals surface area contributed by atoms with Gasteiger partial charge in [0.05, 0.1) is 11.4 Å². The Kier molecular flexibility index (Phi) is 5.30. The van der Waals surface area contributed by atoms with Crippen molar-refractivity contribution < 1.29 is 9.53 Å². The second-order valence-electron chi connectivity index (χ2n) is 4.44. The molecule has 1 amide bonds. The van der Waals surface area contributed by atoms with Gasteiger partial charge in [0.25, 0.3) is 5.91 Å². The lowest BCUT2D eigenvalue weighted by molar-refractivity contribution is -0.122. The maximum atomic E-state index is 12.1. The standard InChI is InChI=1S/C15H14ClIN2O2/c1-9(21-12-4-2-3-11(17)8-12)15(20)19-14-6-5-10(16)7-13(14)18/h2-9H,18H2,1H3,(H,19,20). The van der Waals surface area contributed by atoms with Crippen molar-refractivity contribution in [3.63, 3.8) is 0 Å². The highest BCUT2D eigenvalue weighted by atomic mass is 127. The lowest BCUT2D eigenvalue weighted by Crippen LogP contribution is -2.30. The molecule has 1 atom stereocenters. The highest BCUT2D eigenvalue weighted by Gasteiger charge is 2.16. The fraction of sp³-hybridized carbons (Fsp3) is 0.133. The third kappa shape index (κ3) is 4.50. The van der Waals surface area contributed by atoms with Crippen LogP contribution in [0.2, 0.25) is 5.02 Å². The fourth-order valence-corrected chi connectivity index (χ4v) is 2.37. The summed E-state index contributed by atoms with van der Waals surface area (Å²) >= 11 is 8.01. The molecule has 0 aliphatic rings. The Morgan fingerprint density at radius 1 is 1.33 bits per heavy atom. The average Bonchev–Trinajstić information content (AvgIpc) is 2.41. The van der Waals surface area contributed by atoms with Crippen LogP contribution in [0, 0.1) is 3.57 Å². The topological polar surface area (TPSA) is 64.3 Å². The van der Waals surface area contributed by atoms with Gasteiger partial charge < -0.3 is 15.8 Å². The van der Waals surface area contributed by atoms with Crippen molar-refractivity contribution in [1.82, 2.24) is 0 Å². The summed E-state index contributed by atoms with van der Waals surface area (Å²) in [5.74, 6) is 0.372. The molecule has 0 bridgehead atoms. The van der Waals surface area contributed by atoms with Crippen molar-refractivity contribution in [2.24, 2.45) is 0 Å². The van der Waals surface area contributed by atoms with Crippen LogP contribution in [0.3, 0.4) is 0 Å². The van der Waals surface area contributed by atoms with E-state index in [1.165, 1.54) is 0 Å². The second-order valence-corrected chi connectivity index (χ2v) is 6.12. The van der Waals surface area contributed by atoms with Gasteiger partial charge in [0, 0.05) is 8.59 Å². The van der Waals surface area contributed by atoms with Gasteiger partial charge in [0.1, 0.15) is 5.75 Å². The molecule has 110 valence electrons. The molecule has 0 aliphatic heterocycles. The second kappa shape index (κ2) is 7.00. The van der Waals surface area contributed by atoms with Gasteiger partial charge in [-0.25, -0.2) is 0 Å². The molecule has 0 saturated heterocycles. The van der Waals surface area contributed by atoms with Gasteiger partial charge in [-0.3, -0.25) is 4.79 Å². The van der Waals surface area contributed by atoms with Gasteiger partial charge in [-0.1, -0.05) is 17.7 Å². The van der Waals surface area contributed by atoms with Crippen LogP contribution in [-0.2, 0) is 4.79 Å². The van der Waals surface area contributed by atoms with Gasteiger partial charge in [0.2, 0.25) is 0 Å². The molecule has 0 radical (unpaired) electrons. The summed E-state index contributed by atoms with van der Waals surface area (Å²) in [7, 11) is 0. The first-order valence-corrected chi connectivity index (χ1v) is 7.69. The molecular formula is C15H14ClIN2O2. The highest BCUT2D eigenvalue weighted by Crippen LogP contribution is 2.23. The number of nitrogens with one attached hydrogen (secondary N) is 1. The van der Waals surface area contributed by atoms with E-state index >= 15 is 0 Å². The smallest absolute Gasteiger partial charge is 0.265 e. The maximum absolute atomic E-state index is 12.1. The van der Waals surface area contributed by atoms with E-state index in [4.69, 9.17) is 22.1 Å². The Balaban J connectivity index is 2.02. The monoisotopic (exact) mass is 416 g/mol. The van der Waals surface area contributed by atoms with E-state index in [9.17, 15) is 4.79 Å². The quantitative estimate of drug-likeness (QED) is 0.586. The number of ether oxygens (including phenoxy) is 1. The van der Waals surface area contributed by atoms with E-state index in [0.717, 1.165) is 3.57 Å². The van der Waals surface area contributed by atoms with E-state index in [0.29, 0.717) is 22.1 Å². The van der Waals surface area contributed by atoms with Crippen LogP contribution in [0.5, 0.6) is 5.75 Å². The van der Waals surface area contributed by atoms with Crippen molar-refractivity contribution in [1.29, 1.82) is 0 Å². The number of halogens is 2. The average molecular weight is 417 g/mol. The van der Waals surface area contributed by atoms with Gasteiger partial charge in [0.15, 0.2) is 6.10 Å². The van der Waals surface area contributed by atoms with Gasteiger partial charge in [-0.2, -0.15) is 0 Å². The van der Waals surface area contributed by atoms with Crippen LogP contribution in [0.15, 0.2) is 42.5 Å². The SMILES string of the molecule is CC(Oc1cccc(I)c1)C(=O)Nc1ccc(Cl)cc1N. The predicted molar refractivity (Wildman–Crippen MR) is 93.7 cm³/mol. The summed E-state index contributed by atoms with van der Waals surface area (Å²) in [6.07, 6.45) is -0.640. The number of hydrogen-bond donors (Lipinski definition) is 2. The molecule has 4 nitrogen and oxygen atoms in total. The molecule has 1 unspecified atom stereocenters. The minimum atomic E-state index is -0.640. The minimum absolute atomic E-state index is 0.275. The predicted octanol–water partition coefficient (Wildman–Crippen LogP) is 3.93. The molecule has 21 heavy (non-hydrogen) atoms. The summed E-state index contributed by atoms with van der Waals surface area (Å²) in [6.45, 7) is 1.68. The van der Waals surface area contributed by atoms with Crippen molar-refractivity contribution in [2.75, 3.05) is 11.1 Å². The van der Waals surface area contributed by atoms with Gasteiger partial charge in [-0.05, 0) is 65.9 Å². The number of rotatable bonds is 4. The highest BCUT2D eigenvalue weighted by molar-refractivity contribution is 14.1. The number of carbonyl (C=O) groups is 1. The molecule has 0 fully saturated rings. The zero-order valence-corrected chi connectivity index (χ0v) is 14.2. The van der Waals surface area contributed by atoms with Crippen LogP contribution < -0.4 is 15.8 Å². The van der Waals surface area contributed by atoms with Crippen LogP contribution in [0.1, 0.15) is 6.92 Å². The van der Waals surface area contributed by atoms with Crippen molar-refractivity contribution in [3.8, 4) is 5.75 Å². The van der Waals surface area contributed by atoms with Crippen LogP contribution in [0.25, 0.3) is 0 Å². The molecular weight excluding hydrogens is 403 g/mol. The molecule has 2 aromatic rings. The number of amides is 1. The Hall–Kier alpha value is -1.47. The minimum Gasteiger partial charge on any atom is -0.481 e. The molecule has 6 heteroatoms. The lowest BCUT2D eigenvalue weighted by Gasteiger charge is -2.15. The molecule has 2 aromatic carbocycles. The zero-order valence-electron chi connectivity index (χ0n) is 11.3. The lowest BCUT2D eigenvalue weighted by atomic mass is 10.2. The first kappa shape index (κ1) is 15.9. The summed E-state index contributed by atoms with van der Waals surface area (Å²) in [6, 6.07) is 12.4. The van der Waals surface area contributed by atoms with Crippen molar-refractivity contribution in [2.45, 2.75) is 13.0 Å². The Bertz CT molecular complexity index is 664. The number of nitrogens with two attached hydrogens (primary N) is 1. The summed E-state index contributed by atoms with van der Waals surface area (Å²) < 4.78 is 6.65.